The minimum atomic E-state index is -3.76. The third kappa shape index (κ3) is 3.99. The molecule has 0 heterocycles. The van der Waals surface area contributed by atoms with Crippen LogP contribution in [0, 0.1) is 6.92 Å². The second-order valence-corrected chi connectivity index (χ2v) is 6.61. The Morgan fingerprint density at radius 2 is 1.83 bits per heavy atom. The van der Waals surface area contributed by atoms with E-state index in [4.69, 9.17) is 8.92 Å². The second kappa shape index (κ2) is 5.28. The molecule has 18 heavy (non-hydrogen) atoms. The summed E-state index contributed by atoms with van der Waals surface area (Å²) < 4.78 is 34.4. The van der Waals surface area contributed by atoms with E-state index in [1.165, 1.54) is 6.07 Å². The number of ether oxygens (including phenoxy) is 1. The molecule has 0 aliphatic heterocycles. The third-order valence-electron chi connectivity index (χ3n) is 2.06. The molecule has 0 aliphatic carbocycles. The molecule has 0 aliphatic rings. The molecule has 1 rings (SSSR count). The molecule has 102 valence electrons. The van der Waals surface area contributed by atoms with Crippen LogP contribution in [-0.4, -0.2) is 20.6 Å². The van der Waals surface area contributed by atoms with Crippen molar-refractivity contribution < 1.29 is 17.3 Å². The van der Waals surface area contributed by atoms with Gasteiger partial charge in [-0.2, -0.15) is 8.42 Å². The lowest BCUT2D eigenvalue weighted by molar-refractivity contribution is 0.126. The van der Waals surface area contributed by atoms with Gasteiger partial charge in [-0.3, -0.25) is 4.18 Å². The highest BCUT2D eigenvalue weighted by Crippen LogP contribution is 2.29. The summed E-state index contributed by atoms with van der Waals surface area (Å²) in [5, 5.41) is 0. The molecule has 5 heteroatoms. The fourth-order valence-electron chi connectivity index (χ4n) is 1.45. The summed E-state index contributed by atoms with van der Waals surface area (Å²) in [7, 11) is -3.76. The van der Waals surface area contributed by atoms with Crippen molar-refractivity contribution in [2.45, 2.75) is 45.1 Å². The molecule has 0 bridgehead atoms. The predicted molar refractivity (Wildman–Crippen MR) is 70.4 cm³/mol. The zero-order valence-electron chi connectivity index (χ0n) is 11.5. The number of rotatable bonds is 4. The van der Waals surface area contributed by atoms with Crippen molar-refractivity contribution in [3.05, 3.63) is 23.8 Å². The van der Waals surface area contributed by atoms with Crippen LogP contribution in [0.2, 0.25) is 0 Å². The Balaban J connectivity index is 3.28. The Hall–Kier alpha value is -1.07. The SMILES string of the molecule is CCOS(=O)(=O)c1ccc(C)cc1OC(C)(C)C. The van der Waals surface area contributed by atoms with Crippen LogP contribution in [0.3, 0.4) is 0 Å². The summed E-state index contributed by atoms with van der Waals surface area (Å²) in [6, 6.07) is 4.94. The van der Waals surface area contributed by atoms with Crippen molar-refractivity contribution >= 4 is 10.1 Å². The smallest absolute Gasteiger partial charge is 0.300 e. The highest BCUT2D eigenvalue weighted by Gasteiger charge is 2.23. The highest BCUT2D eigenvalue weighted by atomic mass is 32.2. The summed E-state index contributed by atoms with van der Waals surface area (Å²) in [5.41, 5.74) is 0.467. The molecule has 1 aromatic carbocycles. The number of hydrogen-bond donors (Lipinski definition) is 0. The van der Waals surface area contributed by atoms with E-state index in [9.17, 15) is 8.42 Å². The second-order valence-electron chi connectivity index (χ2n) is 5.03. The monoisotopic (exact) mass is 272 g/mol. The molecule has 0 spiro atoms. The number of benzene rings is 1. The molecule has 0 N–H and O–H groups in total. The van der Waals surface area contributed by atoms with Crippen LogP contribution in [0.4, 0.5) is 0 Å². The van der Waals surface area contributed by atoms with Crippen LogP contribution < -0.4 is 4.74 Å². The van der Waals surface area contributed by atoms with E-state index in [0.717, 1.165) is 5.56 Å². The fraction of sp³-hybridized carbons (Fsp3) is 0.538. The van der Waals surface area contributed by atoms with Crippen molar-refractivity contribution in [1.29, 1.82) is 0 Å². The van der Waals surface area contributed by atoms with Crippen molar-refractivity contribution in [3.8, 4) is 5.75 Å². The van der Waals surface area contributed by atoms with Crippen molar-refractivity contribution in [2.75, 3.05) is 6.61 Å². The largest absolute Gasteiger partial charge is 0.487 e. The van der Waals surface area contributed by atoms with Crippen LogP contribution >= 0.6 is 0 Å². The van der Waals surface area contributed by atoms with E-state index in [1.807, 2.05) is 27.7 Å². The first-order chi connectivity index (χ1) is 8.15. The molecular formula is C13H20O4S. The topological polar surface area (TPSA) is 52.6 Å². The van der Waals surface area contributed by atoms with Gasteiger partial charge >= 0.3 is 10.1 Å². The predicted octanol–water partition coefficient (Wildman–Crippen LogP) is 2.90. The molecule has 0 unspecified atom stereocenters. The van der Waals surface area contributed by atoms with E-state index >= 15 is 0 Å². The minimum absolute atomic E-state index is 0.0740. The Kier molecular flexibility index (Phi) is 4.40. The molecule has 0 aromatic heterocycles. The Morgan fingerprint density at radius 1 is 1.22 bits per heavy atom. The number of aryl methyl sites for hydroxylation is 1. The van der Waals surface area contributed by atoms with Crippen LogP contribution in [0.25, 0.3) is 0 Å². The van der Waals surface area contributed by atoms with E-state index in [0.29, 0.717) is 5.75 Å². The molecule has 0 saturated heterocycles. The first-order valence-electron chi connectivity index (χ1n) is 5.85. The Labute approximate surface area is 109 Å². The van der Waals surface area contributed by atoms with E-state index in [-0.39, 0.29) is 11.5 Å². The average molecular weight is 272 g/mol. The lowest BCUT2D eigenvalue weighted by Gasteiger charge is -2.23. The standard InChI is InChI=1S/C13H20O4S/c1-6-16-18(14,15)12-8-7-10(2)9-11(12)17-13(3,4)5/h7-9H,6H2,1-5H3. The number of hydrogen-bond acceptors (Lipinski definition) is 4. The quantitative estimate of drug-likeness (QED) is 0.791. The molecule has 0 fully saturated rings. The maximum atomic E-state index is 11.9. The average Bonchev–Trinajstić information content (AvgIpc) is 2.13. The van der Waals surface area contributed by atoms with Crippen LogP contribution in [0.15, 0.2) is 23.1 Å². The van der Waals surface area contributed by atoms with E-state index in [1.54, 1.807) is 19.1 Å². The minimum Gasteiger partial charge on any atom is -0.487 e. The van der Waals surface area contributed by atoms with Gasteiger partial charge in [0.05, 0.1) is 6.61 Å². The van der Waals surface area contributed by atoms with E-state index in [2.05, 4.69) is 0 Å². The molecule has 0 atom stereocenters. The van der Waals surface area contributed by atoms with Crippen LogP contribution in [0.5, 0.6) is 5.75 Å². The van der Waals surface area contributed by atoms with Gasteiger partial charge in [0.1, 0.15) is 16.2 Å². The maximum Gasteiger partial charge on any atom is 0.300 e. The summed E-state index contributed by atoms with van der Waals surface area (Å²) >= 11 is 0. The third-order valence-corrected chi connectivity index (χ3v) is 3.48. The van der Waals surface area contributed by atoms with Gasteiger partial charge in [-0.25, -0.2) is 0 Å². The van der Waals surface area contributed by atoms with Gasteiger partial charge in [0.25, 0.3) is 0 Å². The molecule has 0 radical (unpaired) electrons. The molecule has 0 saturated carbocycles. The molecule has 0 amide bonds. The van der Waals surface area contributed by atoms with Gasteiger partial charge in [0.2, 0.25) is 0 Å². The zero-order chi connectivity index (χ0) is 14.0. The van der Waals surface area contributed by atoms with Gasteiger partial charge < -0.3 is 4.74 Å². The van der Waals surface area contributed by atoms with Crippen molar-refractivity contribution in [1.82, 2.24) is 0 Å². The lowest BCUT2D eigenvalue weighted by atomic mass is 10.2. The van der Waals surface area contributed by atoms with Gasteiger partial charge in [-0.1, -0.05) is 6.07 Å². The maximum absolute atomic E-state index is 11.9. The van der Waals surface area contributed by atoms with Gasteiger partial charge in [-0.05, 0) is 52.3 Å². The Morgan fingerprint density at radius 3 is 2.33 bits per heavy atom. The first-order valence-corrected chi connectivity index (χ1v) is 7.25. The fourth-order valence-corrected chi connectivity index (χ4v) is 2.47. The summed E-state index contributed by atoms with van der Waals surface area (Å²) in [6.07, 6.45) is 0. The van der Waals surface area contributed by atoms with E-state index < -0.39 is 15.7 Å². The first kappa shape index (κ1) is 15.0. The highest BCUT2D eigenvalue weighted by molar-refractivity contribution is 7.86. The Bertz CT molecular complexity index is 512. The lowest BCUT2D eigenvalue weighted by Crippen LogP contribution is -2.24. The molecule has 4 nitrogen and oxygen atoms in total. The van der Waals surface area contributed by atoms with Crippen LogP contribution in [-0.2, 0) is 14.3 Å². The zero-order valence-corrected chi connectivity index (χ0v) is 12.3. The van der Waals surface area contributed by atoms with Gasteiger partial charge in [0.15, 0.2) is 0 Å². The van der Waals surface area contributed by atoms with Crippen LogP contribution in [0.1, 0.15) is 33.3 Å². The normalized spacial score (nSPS) is 12.5. The summed E-state index contributed by atoms with van der Waals surface area (Å²) in [4.78, 5) is 0.0740. The van der Waals surface area contributed by atoms with Gasteiger partial charge in [-0.15, -0.1) is 0 Å². The van der Waals surface area contributed by atoms with Crippen molar-refractivity contribution in [3.63, 3.8) is 0 Å². The molecular weight excluding hydrogens is 252 g/mol. The van der Waals surface area contributed by atoms with Gasteiger partial charge in [0, 0.05) is 0 Å². The van der Waals surface area contributed by atoms with Crippen molar-refractivity contribution in [2.24, 2.45) is 0 Å². The molecule has 1 aromatic rings. The summed E-state index contributed by atoms with van der Waals surface area (Å²) in [5.74, 6) is 0.330. The summed E-state index contributed by atoms with van der Waals surface area (Å²) in [6.45, 7) is 9.22.